The van der Waals surface area contributed by atoms with Gasteiger partial charge in [0, 0.05) is 13.1 Å². The monoisotopic (exact) mass is 650 g/mol. The summed E-state index contributed by atoms with van der Waals surface area (Å²) in [4.78, 5) is 46.9. The number of alkyl halides is 3. The fourth-order valence-corrected chi connectivity index (χ4v) is 6.49. The molecule has 3 amide bonds. The highest BCUT2D eigenvalue weighted by molar-refractivity contribution is 5.91. The average Bonchev–Trinajstić information content (AvgIpc) is 3.03. The van der Waals surface area contributed by atoms with E-state index in [-0.39, 0.29) is 37.1 Å². The lowest BCUT2D eigenvalue weighted by atomic mass is 9.90. The van der Waals surface area contributed by atoms with E-state index < -0.39 is 36.0 Å². The Balaban J connectivity index is 1.46. The number of ether oxygens (including phenoxy) is 1. The molecule has 3 atom stereocenters. The maximum Gasteiger partial charge on any atom is 0.416 e. The normalized spacial score (nSPS) is 20.0. The van der Waals surface area contributed by atoms with Gasteiger partial charge in [-0.1, -0.05) is 71.8 Å². The number of nitrogens with two attached hydrogens (primary N) is 1. The molecule has 250 valence electrons. The van der Waals surface area contributed by atoms with E-state index >= 15 is 0 Å². The van der Waals surface area contributed by atoms with Gasteiger partial charge in [-0.2, -0.15) is 13.2 Å². The third-order valence-electron chi connectivity index (χ3n) is 8.83. The van der Waals surface area contributed by atoms with Gasteiger partial charge in [0.2, 0.25) is 11.8 Å². The quantitative estimate of drug-likeness (QED) is 0.279. The molecule has 2 fully saturated rings. The third kappa shape index (κ3) is 8.13. The zero-order valence-electron chi connectivity index (χ0n) is 26.7. The Morgan fingerprint density at radius 1 is 0.872 bits per heavy atom. The third-order valence-corrected chi connectivity index (χ3v) is 8.83. The maximum atomic E-state index is 14.2. The summed E-state index contributed by atoms with van der Waals surface area (Å²) >= 11 is 0. The molecule has 0 spiro atoms. The maximum absolute atomic E-state index is 14.2. The fraction of sp³-hybridized carbons (Fsp3) is 0.417. The number of fused-ring (bicyclic) bond motifs is 1. The number of unbranched alkanes of at least 4 members (excludes halogenated alkanes) is 1. The Labute approximate surface area is 273 Å². The lowest BCUT2D eigenvalue weighted by Gasteiger charge is -2.53. The van der Waals surface area contributed by atoms with Crippen LogP contribution in [0.3, 0.4) is 0 Å². The van der Waals surface area contributed by atoms with Gasteiger partial charge in [0.15, 0.2) is 0 Å². The van der Waals surface area contributed by atoms with Crippen molar-refractivity contribution in [2.75, 3.05) is 19.6 Å². The van der Waals surface area contributed by atoms with Crippen molar-refractivity contribution >= 4 is 17.9 Å². The SMILES string of the molecule is Cc1ccc(C[C@H]2CN(C(=O)OCc3cc(C)cc(C(F)(F)F)c3)[C@H]3CN(Cc4ccccc4)C(=O)[C@H](CCCCN)N3C2=O)cc1. The summed E-state index contributed by atoms with van der Waals surface area (Å²) in [7, 11) is 0. The average molecular weight is 651 g/mol. The van der Waals surface area contributed by atoms with E-state index in [0.29, 0.717) is 44.3 Å². The van der Waals surface area contributed by atoms with Crippen molar-refractivity contribution in [1.82, 2.24) is 14.7 Å². The molecule has 2 saturated heterocycles. The number of hydrogen-bond acceptors (Lipinski definition) is 5. The van der Waals surface area contributed by atoms with Gasteiger partial charge in [-0.05, 0) is 74.9 Å². The lowest BCUT2D eigenvalue weighted by molar-refractivity contribution is -0.173. The van der Waals surface area contributed by atoms with Crippen LogP contribution in [0.4, 0.5) is 18.0 Å². The molecule has 47 heavy (non-hydrogen) atoms. The van der Waals surface area contributed by atoms with Crippen molar-refractivity contribution < 1.29 is 32.3 Å². The summed E-state index contributed by atoms with van der Waals surface area (Å²) < 4.78 is 46.1. The molecule has 0 aliphatic carbocycles. The highest BCUT2D eigenvalue weighted by Crippen LogP contribution is 2.34. The van der Waals surface area contributed by atoms with Crippen molar-refractivity contribution in [3.05, 3.63) is 106 Å². The first-order chi connectivity index (χ1) is 22.4. The molecule has 2 heterocycles. The highest BCUT2D eigenvalue weighted by atomic mass is 19.4. The van der Waals surface area contributed by atoms with Gasteiger partial charge >= 0.3 is 12.3 Å². The highest BCUT2D eigenvalue weighted by Gasteiger charge is 2.51. The van der Waals surface area contributed by atoms with Crippen molar-refractivity contribution in [2.24, 2.45) is 11.7 Å². The second-order valence-electron chi connectivity index (χ2n) is 12.5. The number of amides is 3. The number of carbonyl (C=O) groups is 3. The number of halogens is 3. The molecule has 11 heteroatoms. The van der Waals surface area contributed by atoms with E-state index in [4.69, 9.17) is 10.5 Å². The Hall–Kier alpha value is -4.38. The largest absolute Gasteiger partial charge is 0.444 e. The molecule has 0 radical (unpaired) electrons. The van der Waals surface area contributed by atoms with Crippen molar-refractivity contribution in [3.8, 4) is 0 Å². The van der Waals surface area contributed by atoms with Crippen LogP contribution in [0.25, 0.3) is 0 Å². The number of benzene rings is 3. The van der Waals surface area contributed by atoms with Crippen molar-refractivity contribution in [1.29, 1.82) is 0 Å². The van der Waals surface area contributed by atoms with Gasteiger partial charge in [0.25, 0.3) is 0 Å². The summed E-state index contributed by atoms with van der Waals surface area (Å²) in [5.74, 6) is -1.06. The molecule has 2 N–H and O–H groups in total. The van der Waals surface area contributed by atoms with Gasteiger partial charge in [-0.3, -0.25) is 14.5 Å². The van der Waals surface area contributed by atoms with E-state index in [1.807, 2.05) is 61.5 Å². The van der Waals surface area contributed by atoms with Gasteiger partial charge < -0.3 is 20.3 Å². The smallest absolute Gasteiger partial charge is 0.416 e. The first kappa shape index (κ1) is 34.0. The van der Waals surface area contributed by atoms with Crippen LogP contribution in [-0.2, 0) is 40.1 Å². The van der Waals surface area contributed by atoms with Crippen LogP contribution in [0.5, 0.6) is 0 Å². The minimum atomic E-state index is -4.54. The van der Waals surface area contributed by atoms with E-state index in [2.05, 4.69) is 0 Å². The molecular formula is C36H41F3N4O4. The standard InChI is InChI=1S/C36H41F3N4O4/c1-24-11-13-26(14-12-24)18-29-21-42(35(46)47-23-28-16-25(2)17-30(19-28)36(37,38)39)32-22-41(20-27-8-4-3-5-9-27)34(45)31(10-6-7-15-40)43(32)33(29)44/h3-5,8-9,11-14,16-17,19,29,31-32H,6-7,10,15,18,20-23,40H2,1-2H3/t29-,31-,32+/m0/s1. The van der Waals surface area contributed by atoms with E-state index in [1.165, 1.54) is 4.90 Å². The number of nitrogens with zero attached hydrogens (tertiary/aromatic N) is 3. The van der Waals surface area contributed by atoms with E-state index in [0.717, 1.165) is 28.8 Å². The minimum Gasteiger partial charge on any atom is -0.444 e. The summed E-state index contributed by atoms with van der Waals surface area (Å²) in [6.45, 7) is 3.99. The molecule has 0 saturated carbocycles. The first-order valence-corrected chi connectivity index (χ1v) is 16.0. The van der Waals surface area contributed by atoms with Crippen molar-refractivity contribution in [3.63, 3.8) is 0 Å². The van der Waals surface area contributed by atoms with Crippen LogP contribution in [0.2, 0.25) is 0 Å². The molecule has 2 aliphatic rings. The molecule has 2 aliphatic heterocycles. The molecule has 5 rings (SSSR count). The lowest BCUT2D eigenvalue weighted by Crippen LogP contribution is -2.73. The van der Waals surface area contributed by atoms with Crippen molar-refractivity contribution in [2.45, 2.75) is 71.1 Å². The predicted molar refractivity (Wildman–Crippen MR) is 171 cm³/mol. The van der Waals surface area contributed by atoms with Crippen LogP contribution >= 0.6 is 0 Å². The first-order valence-electron chi connectivity index (χ1n) is 16.0. The summed E-state index contributed by atoms with van der Waals surface area (Å²) in [5.41, 5.74) is 8.42. The second-order valence-corrected chi connectivity index (χ2v) is 12.5. The van der Waals surface area contributed by atoms with Gasteiger partial charge in [0.05, 0.1) is 18.0 Å². The topological polar surface area (TPSA) is 96.2 Å². The van der Waals surface area contributed by atoms with Gasteiger partial charge in [0.1, 0.15) is 18.8 Å². The fourth-order valence-electron chi connectivity index (χ4n) is 6.49. The summed E-state index contributed by atoms with van der Waals surface area (Å²) in [5, 5.41) is 0. The number of carbonyl (C=O) groups excluding carboxylic acids is 3. The summed E-state index contributed by atoms with van der Waals surface area (Å²) in [6, 6.07) is 20.0. The molecule has 3 aromatic carbocycles. The van der Waals surface area contributed by atoms with E-state index in [1.54, 1.807) is 22.8 Å². The Kier molecular flexibility index (Phi) is 10.5. The Morgan fingerprint density at radius 3 is 2.28 bits per heavy atom. The zero-order valence-corrected chi connectivity index (χ0v) is 26.7. The number of rotatable bonds is 10. The summed E-state index contributed by atoms with van der Waals surface area (Å²) in [6.07, 6.45) is -4.10. The zero-order chi connectivity index (χ0) is 33.7. The Morgan fingerprint density at radius 2 is 1.60 bits per heavy atom. The number of piperazine rings is 1. The predicted octanol–water partition coefficient (Wildman–Crippen LogP) is 5.83. The van der Waals surface area contributed by atoms with Crippen LogP contribution in [0.1, 0.15) is 52.6 Å². The number of aryl methyl sites for hydroxylation is 2. The molecule has 0 unspecified atom stereocenters. The molecule has 3 aromatic rings. The molecule has 0 aromatic heterocycles. The minimum absolute atomic E-state index is 0.0389. The second kappa shape index (κ2) is 14.6. The van der Waals surface area contributed by atoms with Crippen LogP contribution in [0, 0.1) is 19.8 Å². The molecule has 0 bridgehead atoms. The van der Waals surface area contributed by atoms with Crippen LogP contribution < -0.4 is 5.73 Å². The molecule has 8 nitrogen and oxygen atoms in total. The van der Waals surface area contributed by atoms with Gasteiger partial charge in [-0.25, -0.2) is 4.79 Å². The Bertz CT molecular complexity index is 1560. The van der Waals surface area contributed by atoms with Crippen LogP contribution in [-0.4, -0.2) is 64.4 Å². The number of hydrogen-bond donors (Lipinski definition) is 1. The van der Waals surface area contributed by atoms with Crippen LogP contribution in [0.15, 0.2) is 72.8 Å². The van der Waals surface area contributed by atoms with Gasteiger partial charge in [-0.15, -0.1) is 0 Å². The molecular weight excluding hydrogens is 609 g/mol. The van der Waals surface area contributed by atoms with E-state index in [9.17, 15) is 27.6 Å².